The molecule has 3 aromatic carbocycles. The van der Waals surface area contributed by atoms with Crippen molar-refractivity contribution in [3.8, 4) is 5.75 Å². The highest BCUT2D eigenvalue weighted by molar-refractivity contribution is 9.10. The summed E-state index contributed by atoms with van der Waals surface area (Å²) in [4.78, 5) is 38.4. The normalized spacial score (nSPS) is 14.4. The minimum absolute atomic E-state index is 0.116. The molecule has 0 radical (unpaired) electrons. The first-order valence-corrected chi connectivity index (χ1v) is 12.7. The number of hydrogen-bond donors (Lipinski definition) is 1. The molecule has 1 fully saturated rings. The monoisotopic (exact) mass is 608 g/mol. The zero-order valence-corrected chi connectivity index (χ0v) is 22.2. The fraction of sp³-hybridized carbons (Fsp3) is 0.0800. The van der Waals surface area contributed by atoms with E-state index in [-0.39, 0.29) is 21.6 Å². The number of thioether (sulfide) groups is 1. The summed E-state index contributed by atoms with van der Waals surface area (Å²) < 4.78 is 19.7. The molecule has 0 aromatic heterocycles. The molecule has 0 saturated carbocycles. The van der Waals surface area contributed by atoms with Gasteiger partial charge in [-0.2, -0.15) is 0 Å². The molecular formula is C25H16BrCl2FN2O4S. The van der Waals surface area contributed by atoms with E-state index in [1.165, 1.54) is 30.3 Å². The van der Waals surface area contributed by atoms with Gasteiger partial charge in [-0.3, -0.25) is 19.3 Å². The largest absolute Gasteiger partial charge is 0.486 e. The van der Waals surface area contributed by atoms with E-state index in [0.717, 1.165) is 14.9 Å². The molecule has 3 aromatic rings. The maximum absolute atomic E-state index is 13.0. The van der Waals surface area contributed by atoms with E-state index in [2.05, 4.69) is 21.2 Å². The first-order valence-electron chi connectivity index (χ1n) is 10.4. The lowest BCUT2D eigenvalue weighted by Crippen LogP contribution is -2.36. The summed E-state index contributed by atoms with van der Waals surface area (Å²) in [5.74, 6) is -1.37. The molecule has 6 nitrogen and oxygen atoms in total. The van der Waals surface area contributed by atoms with Gasteiger partial charge in [0.2, 0.25) is 5.91 Å². The van der Waals surface area contributed by atoms with Crippen molar-refractivity contribution in [1.29, 1.82) is 0 Å². The van der Waals surface area contributed by atoms with Gasteiger partial charge in [-0.25, -0.2) is 4.39 Å². The minimum Gasteiger partial charge on any atom is -0.486 e. The van der Waals surface area contributed by atoms with Crippen LogP contribution in [0.5, 0.6) is 5.75 Å². The van der Waals surface area contributed by atoms with Gasteiger partial charge in [0.15, 0.2) is 5.75 Å². The smallest absolute Gasteiger partial charge is 0.294 e. The zero-order chi connectivity index (χ0) is 25.8. The average molecular weight is 610 g/mol. The summed E-state index contributed by atoms with van der Waals surface area (Å²) in [6.07, 6.45) is 1.47. The predicted molar refractivity (Wildman–Crippen MR) is 143 cm³/mol. The van der Waals surface area contributed by atoms with Crippen LogP contribution in [0.15, 0.2) is 70.0 Å². The van der Waals surface area contributed by atoms with Crippen molar-refractivity contribution in [1.82, 2.24) is 4.90 Å². The van der Waals surface area contributed by atoms with Gasteiger partial charge in [0.1, 0.15) is 19.0 Å². The van der Waals surface area contributed by atoms with Crippen molar-refractivity contribution in [3.05, 3.63) is 97.0 Å². The number of amides is 3. The lowest BCUT2D eigenvalue weighted by Gasteiger charge is -2.12. The van der Waals surface area contributed by atoms with Crippen molar-refractivity contribution in [2.24, 2.45) is 0 Å². The molecule has 1 aliphatic rings. The fourth-order valence-electron chi connectivity index (χ4n) is 3.20. The molecule has 1 N–H and O–H groups in total. The van der Waals surface area contributed by atoms with Crippen LogP contribution in [-0.4, -0.2) is 28.5 Å². The molecule has 1 saturated heterocycles. The number of nitrogens with one attached hydrogen (secondary N) is 1. The maximum Gasteiger partial charge on any atom is 0.294 e. The number of hydrogen-bond acceptors (Lipinski definition) is 5. The van der Waals surface area contributed by atoms with E-state index in [0.29, 0.717) is 28.8 Å². The number of carbonyl (C=O) groups is 3. The van der Waals surface area contributed by atoms with Gasteiger partial charge >= 0.3 is 0 Å². The lowest BCUT2D eigenvalue weighted by atomic mass is 10.2. The second-order valence-corrected chi connectivity index (χ2v) is 10.3. The Morgan fingerprint density at radius 2 is 1.69 bits per heavy atom. The Labute approximate surface area is 228 Å². The Bertz CT molecular complexity index is 1340. The van der Waals surface area contributed by atoms with Gasteiger partial charge in [0.05, 0.1) is 15.0 Å². The SMILES string of the molecule is O=C(CN1C(=O)S/C(=C\c2cc(Cl)c(OCc3ccc(Br)cc3)c(Cl)c2)C1=O)Nc1ccc(F)cc1. The highest BCUT2D eigenvalue weighted by Gasteiger charge is 2.36. The van der Waals surface area contributed by atoms with Crippen molar-refractivity contribution in [2.45, 2.75) is 6.61 Å². The minimum atomic E-state index is -0.623. The highest BCUT2D eigenvalue weighted by atomic mass is 79.9. The van der Waals surface area contributed by atoms with Crippen molar-refractivity contribution in [3.63, 3.8) is 0 Å². The van der Waals surface area contributed by atoms with Crippen LogP contribution in [0.25, 0.3) is 6.08 Å². The first kappa shape index (κ1) is 26.2. The summed E-state index contributed by atoms with van der Waals surface area (Å²) in [5.41, 5.74) is 1.75. The molecule has 0 bridgehead atoms. The molecule has 1 heterocycles. The second kappa shape index (κ2) is 11.5. The Morgan fingerprint density at radius 3 is 2.33 bits per heavy atom. The van der Waals surface area contributed by atoms with Gasteiger partial charge in [-0.1, -0.05) is 51.3 Å². The van der Waals surface area contributed by atoms with Crippen molar-refractivity contribution < 1.29 is 23.5 Å². The van der Waals surface area contributed by atoms with Crippen LogP contribution >= 0.6 is 50.9 Å². The Kier molecular flexibility index (Phi) is 8.35. The summed E-state index contributed by atoms with van der Waals surface area (Å²) >= 11 is 16.8. The van der Waals surface area contributed by atoms with Gasteiger partial charge in [-0.05, 0) is 77.5 Å². The van der Waals surface area contributed by atoms with Crippen LogP contribution in [0.4, 0.5) is 14.9 Å². The van der Waals surface area contributed by atoms with E-state index in [4.69, 9.17) is 27.9 Å². The van der Waals surface area contributed by atoms with E-state index >= 15 is 0 Å². The number of nitrogens with zero attached hydrogens (tertiary/aromatic N) is 1. The molecule has 0 unspecified atom stereocenters. The molecule has 184 valence electrons. The predicted octanol–water partition coefficient (Wildman–Crippen LogP) is 7.15. The molecular weight excluding hydrogens is 594 g/mol. The van der Waals surface area contributed by atoms with Gasteiger partial charge in [0, 0.05) is 10.2 Å². The summed E-state index contributed by atoms with van der Waals surface area (Å²) in [6.45, 7) is -0.228. The van der Waals surface area contributed by atoms with Crippen LogP contribution in [0.2, 0.25) is 10.0 Å². The molecule has 4 rings (SSSR count). The Hall–Kier alpha value is -2.85. The van der Waals surface area contributed by atoms with Gasteiger partial charge in [0.25, 0.3) is 11.1 Å². The number of imide groups is 1. The number of ether oxygens (including phenoxy) is 1. The summed E-state index contributed by atoms with van der Waals surface area (Å²) in [5, 5.41) is 2.41. The molecule has 36 heavy (non-hydrogen) atoms. The van der Waals surface area contributed by atoms with Crippen LogP contribution in [0, 0.1) is 5.82 Å². The van der Waals surface area contributed by atoms with E-state index < -0.39 is 29.4 Å². The number of halogens is 4. The first-order chi connectivity index (χ1) is 17.2. The number of anilines is 1. The lowest BCUT2D eigenvalue weighted by molar-refractivity contribution is -0.127. The third kappa shape index (κ3) is 6.47. The summed E-state index contributed by atoms with van der Waals surface area (Å²) in [7, 11) is 0. The third-order valence-corrected chi connectivity index (χ3v) is 6.92. The van der Waals surface area contributed by atoms with Crippen LogP contribution in [0.1, 0.15) is 11.1 Å². The number of carbonyl (C=O) groups excluding carboxylic acids is 3. The van der Waals surface area contributed by atoms with Crippen molar-refractivity contribution in [2.75, 3.05) is 11.9 Å². The molecule has 0 atom stereocenters. The Morgan fingerprint density at radius 1 is 1.06 bits per heavy atom. The quantitative estimate of drug-likeness (QED) is 0.288. The summed E-state index contributed by atoms with van der Waals surface area (Å²) in [6, 6.07) is 15.8. The Balaban J connectivity index is 1.43. The third-order valence-electron chi connectivity index (χ3n) is 4.92. The topological polar surface area (TPSA) is 75.7 Å². The zero-order valence-electron chi connectivity index (χ0n) is 18.3. The molecule has 0 aliphatic carbocycles. The van der Waals surface area contributed by atoms with Gasteiger partial charge < -0.3 is 10.1 Å². The van der Waals surface area contributed by atoms with Gasteiger partial charge in [-0.15, -0.1) is 0 Å². The van der Waals surface area contributed by atoms with Crippen molar-refractivity contribution >= 4 is 79.7 Å². The second-order valence-electron chi connectivity index (χ2n) is 7.55. The van der Waals surface area contributed by atoms with Crippen LogP contribution in [0.3, 0.4) is 0 Å². The number of rotatable bonds is 7. The number of benzene rings is 3. The van der Waals surface area contributed by atoms with E-state index in [9.17, 15) is 18.8 Å². The van der Waals surface area contributed by atoms with Crippen LogP contribution < -0.4 is 10.1 Å². The van der Waals surface area contributed by atoms with E-state index in [1.807, 2.05) is 24.3 Å². The standard InChI is InChI=1S/C25H16BrCl2FN2O4S/c26-16-3-1-14(2-4-16)13-35-23-19(27)9-15(10-20(23)28)11-21-24(33)31(25(34)36-21)12-22(32)30-18-7-5-17(29)6-8-18/h1-11H,12-13H2,(H,30,32)/b21-11-. The molecule has 1 aliphatic heterocycles. The molecule has 11 heteroatoms. The molecule has 3 amide bonds. The highest BCUT2D eigenvalue weighted by Crippen LogP contribution is 2.37. The fourth-order valence-corrected chi connectivity index (χ4v) is 4.92. The maximum atomic E-state index is 13.0. The average Bonchev–Trinajstić information content (AvgIpc) is 3.08. The van der Waals surface area contributed by atoms with Crippen LogP contribution in [-0.2, 0) is 16.2 Å². The molecule has 0 spiro atoms. The van der Waals surface area contributed by atoms with E-state index in [1.54, 1.807) is 12.1 Å².